The Morgan fingerprint density at radius 1 is 1.50 bits per heavy atom. The highest BCUT2D eigenvalue weighted by Gasteiger charge is 2.42. The average molecular weight is 279 g/mol. The number of aryl methyl sites for hydroxylation is 2. The molecule has 1 aromatic rings. The lowest BCUT2D eigenvalue weighted by molar-refractivity contribution is 0.108. The zero-order valence-electron chi connectivity index (χ0n) is 13.3. The van der Waals surface area contributed by atoms with E-state index in [0.29, 0.717) is 12.0 Å². The number of aromatic nitrogens is 2. The van der Waals surface area contributed by atoms with Gasteiger partial charge in [0.15, 0.2) is 0 Å². The van der Waals surface area contributed by atoms with Crippen LogP contribution in [-0.2, 0) is 6.54 Å². The highest BCUT2D eigenvalue weighted by atomic mass is 16.3. The van der Waals surface area contributed by atoms with Crippen LogP contribution in [0.1, 0.15) is 50.9 Å². The standard InChI is InChI=1S/C16H29N3O/c1-12(2)18-16(10-20)8-5-6-15(16)7-9-19-11-17-13(3)14(19)4/h11-12,15,18,20H,5-10H2,1-4H3. The summed E-state index contributed by atoms with van der Waals surface area (Å²) in [6, 6.07) is 0.417. The van der Waals surface area contributed by atoms with Crippen LogP contribution >= 0.6 is 0 Å². The minimum atomic E-state index is -0.0717. The largest absolute Gasteiger partial charge is 0.394 e. The third kappa shape index (κ3) is 3.07. The van der Waals surface area contributed by atoms with Gasteiger partial charge < -0.3 is 15.0 Å². The summed E-state index contributed by atoms with van der Waals surface area (Å²) >= 11 is 0. The smallest absolute Gasteiger partial charge is 0.0951 e. The molecule has 0 aliphatic heterocycles. The Kier molecular flexibility index (Phi) is 4.86. The summed E-state index contributed by atoms with van der Waals surface area (Å²) in [6.45, 7) is 9.76. The van der Waals surface area contributed by atoms with Gasteiger partial charge >= 0.3 is 0 Å². The van der Waals surface area contributed by atoms with Crippen molar-refractivity contribution in [3.8, 4) is 0 Å². The van der Waals surface area contributed by atoms with Crippen molar-refractivity contribution >= 4 is 0 Å². The van der Waals surface area contributed by atoms with Crippen LogP contribution in [0.2, 0.25) is 0 Å². The number of aliphatic hydroxyl groups excluding tert-OH is 1. The lowest BCUT2D eigenvalue weighted by atomic mass is 9.84. The van der Waals surface area contributed by atoms with Gasteiger partial charge in [-0.15, -0.1) is 0 Å². The molecule has 2 unspecified atom stereocenters. The van der Waals surface area contributed by atoms with Gasteiger partial charge in [0.25, 0.3) is 0 Å². The van der Waals surface area contributed by atoms with Crippen LogP contribution in [0, 0.1) is 19.8 Å². The van der Waals surface area contributed by atoms with Gasteiger partial charge in [-0.05, 0) is 39.0 Å². The van der Waals surface area contributed by atoms with E-state index in [1.165, 1.54) is 18.5 Å². The monoisotopic (exact) mass is 279 g/mol. The molecule has 1 aliphatic rings. The minimum Gasteiger partial charge on any atom is -0.394 e. The van der Waals surface area contributed by atoms with E-state index in [1.54, 1.807) is 0 Å². The number of nitrogens with zero attached hydrogens (tertiary/aromatic N) is 2. The Morgan fingerprint density at radius 2 is 2.25 bits per heavy atom. The first kappa shape index (κ1) is 15.5. The molecule has 0 aromatic carbocycles. The number of hydrogen-bond acceptors (Lipinski definition) is 3. The molecular weight excluding hydrogens is 250 g/mol. The fourth-order valence-electron chi connectivity index (χ4n) is 3.65. The molecule has 0 radical (unpaired) electrons. The Morgan fingerprint density at radius 3 is 2.80 bits per heavy atom. The van der Waals surface area contributed by atoms with Crippen LogP contribution in [0.5, 0.6) is 0 Å². The molecule has 4 heteroatoms. The number of aliphatic hydroxyl groups is 1. The summed E-state index contributed by atoms with van der Waals surface area (Å²) < 4.78 is 2.24. The minimum absolute atomic E-state index is 0.0717. The molecule has 2 atom stereocenters. The van der Waals surface area contributed by atoms with Crippen LogP contribution in [0.25, 0.3) is 0 Å². The molecule has 20 heavy (non-hydrogen) atoms. The number of imidazole rings is 1. The number of nitrogens with one attached hydrogen (secondary N) is 1. The van der Waals surface area contributed by atoms with E-state index in [2.05, 4.69) is 42.6 Å². The van der Waals surface area contributed by atoms with E-state index in [0.717, 1.165) is 25.1 Å². The van der Waals surface area contributed by atoms with E-state index in [1.807, 2.05) is 6.33 Å². The maximum atomic E-state index is 9.91. The zero-order chi connectivity index (χ0) is 14.8. The SMILES string of the molecule is Cc1ncn(CCC2CCCC2(CO)NC(C)C)c1C. The van der Waals surface area contributed by atoms with E-state index >= 15 is 0 Å². The van der Waals surface area contributed by atoms with Crippen molar-refractivity contribution in [1.82, 2.24) is 14.9 Å². The second kappa shape index (κ2) is 6.27. The summed E-state index contributed by atoms with van der Waals surface area (Å²) in [6.07, 6.45) is 6.57. The molecule has 1 heterocycles. The first-order valence-electron chi connectivity index (χ1n) is 7.85. The Bertz CT molecular complexity index is 441. The van der Waals surface area contributed by atoms with Crippen LogP contribution < -0.4 is 5.32 Å². The Labute approximate surface area is 122 Å². The molecule has 1 aliphatic carbocycles. The summed E-state index contributed by atoms with van der Waals surface area (Å²) in [5.41, 5.74) is 2.30. The van der Waals surface area contributed by atoms with Gasteiger partial charge in [0.05, 0.1) is 18.6 Å². The van der Waals surface area contributed by atoms with Gasteiger partial charge in [0, 0.05) is 23.8 Å². The lowest BCUT2D eigenvalue weighted by Gasteiger charge is -2.37. The second-order valence-corrected chi connectivity index (χ2v) is 6.60. The quantitative estimate of drug-likeness (QED) is 0.841. The molecule has 0 spiro atoms. The summed E-state index contributed by atoms with van der Waals surface area (Å²) in [5.74, 6) is 0.553. The normalized spacial score (nSPS) is 26.6. The number of rotatable bonds is 6. The molecule has 1 aromatic heterocycles. The van der Waals surface area contributed by atoms with Gasteiger partial charge in [-0.2, -0.15) is 0 Å². The molecule has 0 bridgehead atoms. The van der Waals surface area contributed by atoms with Crippen LogP contribution in [0.4, 0.5) is 0 Å². The van der Waals surface area contributed by atoms with Crippen molar-refractivity contribution in [1.29, 1.82) is 0 Å². The maximum absolute atomic E-state index is 9.91. The first-order chi connectivity index (χ1) is 9.48. The Hall–Kier alpha value is -0.870. The van der Waals surface area contributed by atoms with Gasteiger partial charge in [0.1, 0.15) is 0 Å². The van der Waals surface area contributed by atoms with E-state index in [4.69, 9.17) is 0 Å². The molecule has 0 amide bonds. The molecule has 1 saturated carbocycles. The second-order valence-electron chi connectivity index (χ2n) is 6.60. The molecule has 1 fully saturated rings. The fourth-order valence-corrected chi connectivity index (χ4v) is 3.65. The lowest BCUT2D eigenvalue weighted by Crippen LogP contribution is -2.54. The molecule has 4 nitrogen and oxygen atoms in total. The molecule has 2 N–H and O–H groups in total. The Balaban J connectivity index is 2.02. The van der Waals surface area contributed by atoms with Crippen LogP contribution in [-0.4, -0.2) is 32.8 Å². The van der Waals surface area contributed by atoms with Gasteiger partial charge in [-0.25, -0.2) is 4.98 Å². The number of hydrogen-bond donors (Lipinski definition) is 2. The predicted molar refractivity (Wildman–Crippen MR) is 81.7 cm³/mol. The molecule has 114 valence electrons. The zero-order valence-corrected chi connectivity index (χ0v) is 13.3. The van der Waals surface area contributed by atoms with Crippen molar-refractivity contribution in [3.05, 3.63) is 17.7 Å². The van der Waals surface area contributed by atoms with Gasteiger partial charge in [-0.3, -0.25) is 0 Å². The van der Waals surface area contributed by atoms with E-state index in [9.17, 15) is 5.11 Å². The summed E-state index contributed by atoms with van der Waals surface area (Å²) in [7, 11) is 0. The van der Waals surface area contributed by atoms with Crippen LogP contribution in [0.3, 0.4) is 0 Å². The summed E-state index contributed by atoms with van der Waals surface area (Å²) in [5, 5.41) is 13.5. The average Bonchev–Trinajstić information content (AvgIpc) is 2.93. The van der Waals surface area contributed by atoms with Crippen molar-refractivity contribution < 1.29 is 5.11 Å². The van der Waals surface area contributed by atoms with Crippen molar-refractivity contribution in [2.45, 2.75) is 71.5 Å². The van der Waals surface area contributed by atoms with E-state index in [-0.39, 0.29) is 12.1 Å². The van der Waals surface area contributed by atoms with Crippen molar-refractivity contribution in [3.63, 3.8) is 0 Å². The van der Waals surface area contributed by atoms with Gasteiger partial charge in [-0.1, -0.05) is 20.3 Å². The third-order valence-corrected chi connectivity index (χ3v) is 4.88. The maximum Gasteiger partial charge on any atom is 0.0951 e. The van der Waals surface area contributed by atoms with Crippen molar-refractivity contribution in [2.24, 2.45) is 5.92 Å². The third-order valence-electron chi connectivity index (χ3n) is 4.88. The predicted octanol–water partition coefficient (Wildman–Crippen LogP) is 2.42. The van der Waals surface area contributed by atoms with E-state index < -0.39 is 0 Å². The summed E-state index contributed by atoms with van der Waals surface area (Å²) in [4.78, 5) is 4.36. The van der Waals surface area contributed by atoms with Gasteiger partial charge in [0.2, 0.25) is 0 Å². The molecule has 0 saturated heterocycles. The van der Waals surface area contributed by atoms with Crippen LogP contribution in [0.15, 0.2) is 6.33 Å². The highest BCUT2D eigenvalue weighted by molar-refractivity contribution is 5.08. The fraction of sp³-hybridized carbons (Fsp3) is 0.812. The molecule has 2 rings (SSSR count). The highest BCUT2D eigenvalue weighted by Crippen LogP contribution is 2.38. The molecular formula is C16H29N3O. The van der Waals surface area contributed by atoms with Crippen molar-refractivity contribution in [2.75, 3.05) is 6.61 Å². The first-order valence-corrected chi connectivity index (χ1v) is 7.85. The topological polar surface area (TPSA) is 50.1 Å².